The molecule has 1 saturated heterocycles. The van der Waals surface area contributed by atoms with Crippen LogP contribution >= 0.6 is 0 Å². The third-order valence-corrected chi connectivity index (χ3v) is 7.67. The number of aromatic nitrogens is 3. The van der Waals surface area contributed by atoms with Crippen LogP contribution in [0.2, 0.25) is 0 Å². The average molecular weight is 498 g/mol. The van der Waals surface area contributed by atoms with Gasteiger partial charge in [-0.05, 0) is 69.4 Å². The summed E-state index contributed by atoms with van der Waals surface area (Å²) in [5, 5.41) is 0.953. The Hall–Kier alpha value is -3.14. The topological polar surface area (TPSA) is 97.6 Å². The molecule has 186 valence electrons. The van der Waals surface area contributed by atoms with Crippen LogP contribution in [0.1, 0.15) is 32.8 Å². The molecule has 1 fully saturated rings. The first-order chi connectivity index (χ1) is 16.5. The molecule has 10 heteroatoms. The fourth-order valence-corrected chi connectivity index (χ4v) is 5.61. The standard InChI is InChI=1S/C25H31N5O4S/c1-25(2,3)34-24(31)29-10-7-17(15-29)14-28-11-9-20-22(28)26-16-27-23(20)30-12-8-18-13-19(35(4,32)33)5-6-21(18)30/h5-6,9,11,13,16-17H,7-8,10,12,14-15H2,1-4H3/t17-/m1/s1. The van der Waals surface area contributed by atoms with Crippen LogP contribution in [0.15, 0.2) is 41.7 Å². The normalized spacial score (nSPS) is 18.3. The Morgan fingerprint density at radius 2 is 1.97 bits per heavy atom. The smallest absolute Gasteiger partial charge is 0.410 e. The minimum Gasteiger partial charge on any atom is -0.444 e. The summed E-state index contributed by atoms with van der Waals surface area (Å²) in [5.41, 5.74) is 2.34. The van der Waals surface area contributed by atoms with Gasteiger partial charge in [-0.1, -0.05) is 0 Å². The maximum atomic E-state index is 12.4. The number of amides is 1. The maximum Gasteiger partial charge on any atom is 0.410 e. The van der Waals surface area contributed by atoms with Crippen molar-refractivity contribution in [3.8, 4) is 0 Å². The van der Waals surface area contributed by atoms with Crippen LogP contribution in [0, 0.1) is 5.92 Å². The van der Waals surface area contributed by atoms with Gasteiger partial charge in [0, 0.05) is 44.3 Å². The first-order valence-electron chi connectivity index (χ1n) is 11.9. The third-order valence-electron chi connectivity index (χ3n) is 6.56. The number of hydrogen-bond donors (Lipinski definition) is 0. The van der Waals surface area contributed by atoms with Gasteiger partial charge in [0.15, 0.2) is 9.84 Å². The van der Waals surface area contributed by atoms with Crippen molar-refractivity contribution in [3.05, 3.63) is 42.4 Å². The molecule has 2 aliphatic rings. The van der Waals surface area contributed by atoms with E-state index in [1.165, 1.54) is 6.26 Å². The molecule has 0 aliphatic carbocycles. The van der Waals surface area contributed by atoms with E-state index >= 15 is 0 Å². The molecular weight excluding hydrogens is 466 g/mol. The number of rotatable bonds is 4. The summed E-state index contributed by atoms with van der Waals surface area (Å²) in [6.45, 7) is 8.48. The van der Waals surface area contributed by atoms with Crippen LogP contribution in [-0.4, -0.2) is 65.4 Å². The Balaban J connectivity index is 1.36. The van der Waals surface area contributed by atoms with Crippen LogP contribution < -0.4 is 4.90 Å². The van der Waals surface area contributed by atoms with Crippen molar-refractivity contribution < 1.29 is 17.9 Å². The first kappa shape index (κ1) is 23.6. The van der Waals surface area contributed by atoms with Gasteiger partial charge >= 0.3 is 6.09 Å². The number of benzene rings is 1. The zero-order valence-corrected chi connectivity index (χ0v) is 21.4. The molecule has 0 N–H and O–H groups in total. The van der Waals surface area contributed by atoms with Gasteiger partial charge in [0.2, 0.25) is 0 Å². The maximum absolute atomic E-state index is 12.4. The minimum absolute atomic E-state index is 0.256. The van der Waals surface area contributed by atoms with Gasteiger partial charge in [-0.2, -0.15) is 0 Å². The zero-order valence-electron chi connectivity index (χ0n) is 20.6. The Kier molecular flexibility index (Phi) is 5.74. The van der Waals surface area contributed by atoms with Gasteiger partial charge in [0.1, 0.15) is 23.4 Å². The van der Waals surface area contributed by atoms with E-state index in [0.717, 1.165) is 54.0 Å². The molecular formula is C25H31N5O4S. The monoisotopic (exact) mass is 497 g/mol. The zero-order chi connectivity index (χ0) is 25.0. The van der Waals surface area contributed by atoms with Crippen molar-refractivity contribution >= 4 is 38.5 Å². The second kappa shape index (κ2) is 8.51. The van der Waals surface area contributed by atoms with Gasteiger partial charge in [-0.3, -0.25) is 0 Å². The highest BCUT2D eigenvalue weighted by atomic mass is 32.2. The average Bonchev–Trinajstić information content (AvgIpc) is 3.50. The molecule has 9 nitrogen and oxygen atoms in total. The van der Waals surface area contributed by atoms with E-state index in [4.69, 9.17) is 4.74 Å². The molecule has 4 heterocycles. The Morgan fingerprint density at radius 3 is 2.71 bits per heavy atom. The summed E-state index contributed by atoms with van der Waals surface area (Å²) in [5.74, 6) is 1.14. The second-order valence-electron chi connectivity index (χ2n) is 10.4. The second-order valence-corrected chi connectivity index (χ2v) is 12.5. The van der Waals surface area contributed by atoms with Gasteiger partial charge in [0.05, 0.1) is 10.3 Å². The lowest BCUT2D eigenvalue weighted by Gasteiger charge is -2.24. The summed E-state index contributed by atoms with van der Waals surface area (Å²) in [6, 6.07) is 7.33. The number of anilines is 2. The van der Waals surface area contributed by atoms with E-state index in [2.05, 4.69) is 19.4 Å². The highest BCUT2D eigenvalue weighted by Gasteiger charge is 2.31. The fraction of sp³-hybridized carbons (Fsp3) is 0.480. The molecule has 0 unspecified atom stereocenters. The van der Waals surface area contributed by atoms with Crippen molar-refractivity contribution in [2.45, 2.75) is 50.7 Å². The molecule has 2 aromatic heterocycles. The number of ether oxygens (including phenoxy) is 1. The molecule has 35 heavy (non-hydrogen) atoms. The molecule has 5 rings (SSSR count). The molecule has 1 atom stereocenters. The van der Waals surface area contributed by atoms with Crippen molar-refractivity contribution in [2.24, 2.45) is 5.92 Å². The van der Waals surface area contributed by atoms with E-state index in [1.54, 1.807) is 23.4 Å². The van der Waals surface area contributed by atoms with E-state index in [0.29, 0.717) is 23.9 Å². The van der Waals surface area contributed by atoms with Crippen LogP contribution in [0.25, 0.3) is 11.0 Å². The fourth-order valence-electron chi connectivity index (χ4n) is 4.93. The van der Waals surface area contributed by atoms with Crippen molar-refractivity contribution in [1.82, 2.24) is 19.4 Å². The van der Waals surface area contributed by atoms with E-state index in [1.807, 2.05) is 39.1 Å². The predicted molar refractivity (Wildman–Crippen MR) is 134 cm³/mol. The molecule has 0 spiro atoms. The Bertz CT molecular complexity index is 1390. The number of fused-ring (bicyclic) bond motifs is 2. The van der Waals surface area contributed by atoms with Crippen LogP contribution in [-0.2, 0) is 27.5 Å². The summed E-state index contributed by atoms with van der Waals surface area (Å²) in [7, 11) is -3.25. The van der Waals surface area contributed by atoms with Crippen molar-refractivity contribution in [3.63, 3.8) is 0 Å². The molecule has 0 bridgehead atoms. The molecule has 3 aromatic rings. The number of carbonyl (C=O) groups is 1. The summed E-state index contributed by atoms with van der Waals surface area (Å²) < 4.78 is 31.6. The first-order valence-corrected chi connectivity index (χ1v) is 13.8. The van der Waals surface area contributed by atoms with Gasteiger partial charge < -0.3 is 19.1 Å². The summed E-state index contributed by atoms with van der Waals surface area (Å²) in [4.78, 5) is 25.8. The third kappa shape index (κ3) is 4.71. The lowest BCUT2D eigenvalue weighted by molar-refractivity contribution is 0.0287. The van der Waals surface area contributed by atoms with Gasteiger partial charge in [-0.25, -0.2) is 23.2 Å². The highest BCUT2D eigenvalue weighted by Crippen LogP contribution is 2.38. The van der Waals surface area contributed by atoms with Crippen LogP contribution in [0.3, 0.4) is 0 Å². The molecule has 2 aliphatic heterocycles. The molecule has 0 saturated carbocycles. The largest absolute Gasteiger partial charge is 0.444 e. The van der Waals surface area contributed by atoms with Gasteiger partial charge in [0.25, 0.3) is 0 Å². The van der Waals surface area contributed by atoms with E-state index in [-0.39, 0.29) is 6.09 Å². The molecule has 0 radical (unpaired) electrons. The Labute approximate surface area is 205 Å². The van der Waals surface area contributed by atoms with E-state index < -0.39 is 15.4 Å². The number of carbonyl (C=O) groups excluding carboxylic acids is 1. The minimum atomic E-state index is -3.25. The number of likely N-dealkylation sites (tertiary alicyclic amines) is 1. The van der Waals surface area contributed by atoms with Crippen molar-refractivity contribution in [2.75, 3.05) is 30.8 Å². The van der Waals surface area contributed by atoms with E-state index in [9.17, 15) is 13.2 Å². The molecule has 1 amide bonds. The summed E-state index contributed by atoms with van der Waals surface area (Å²) >= 11 is 0. The summed E-state index contributed by atoms with van der Waals surface area (Å²) in [6.07, 6.45) is 6.26. The highest BCUT2D eigenvalue weighted by molar-refractivity contribution is 7.90. The SMILES string of the molecule is CC(C)(C)OC(=O)N1CC[C@H](Cn2ccc3c(N4CCc5cc(S(C)(=O)=O)ccc54)ncnc32)C1. The quantitative estimate of drug-likeness (QED) is 0.541. The van der Waals surface area contributed by atoms with Crippen molar-refractivity contribution in [1.29, 1.82) is 0 Å². The predicted octanol–water partition coefficient (Wildman–Crippen LogP) is 3.79. The number of nitrogens with zero attached hydrogens (tertiary/aromatic N) is 5. The van der Waals surface area contributed by atoms with Crippen LogP contribution in [0.5, 0.6) is 0 Å². The molecule has 1 aromatic carbocycles. The number of sulfone groups is 1. The van der Waals surface area contributed by atoms with Gasteiger partial charge in [-0.15, -0.1) is 0 Å². The lowest BCUT2D eigenvalue weighted by atomic mass is 10.1. The Morgan fingerprint density at radius 1 is 1.17 bits per heavy atom. The lowest BCUT2D eigenvalue weighted by Crippen LogP contribution is -2.35. The number of hydrogen-bond acceptors (Lipinski definition) is 7. The van der Waals surface area contributed by atoms with Crippen LogP contribution in [0.4, 0.5) is 16.3 Å².